The number of likely N-dealkylation sites (tertiary alicyclic amines) is 1. The molecule has 1 aromatic carbocycles. The van der Waals surface area contributed by atoms with Crippen LogP contribution in [0.15, 0.2) is 41.7 Å². The van der Waals surface area contributed by atoms with E-state index in [0.717, 1.165) is 32.0 Å². The van der Waals surface area contributed by atoms with Crippen LogP contribution in [0, 0.1) is 5.82 Å². The Balaban J connectivity index is 0.00000280. The summed E-state index contributed by atoms with van der Waals surface area (Å²) in [5.74, 6) is 0.462. The average molecular weight is 500 g/mol. The summed E-state index contributed by atoms with van der Waals surface area (Å²) in [7, 11) is 1.92. The maximum Gasteiger partial charge on any atom is 0.246 e. The summed E-state index contributed by atoms with van der Waals surface area (Å²) in [4.78, 5) is 18.8. The van der Waals surface area contributed by atoms with Gasteiger partial charge in [-0.1, -0.05) is 6.07 Å². The highest BCUT2D eigenvalue weighted by Crippen LogP contribution is 2.26. The first-order valence-electron chi connectivity index (χ1n) is 9.12. The van der Waals surface area contributed by atoms with Gasteiger partial charge < -0.3 is 15.5 Å². The first kappa shape index (κ1) is 22.1. The summed E-state index contributed by atoms with van der Waals surface area (Å²) >= 11 is 0. The Morgan fingerprint density at radius 1 is 1.43 bits per heavy atom. The Labute approximate surface area is 181 Å². The number of aliphatic imine (C=N–C) groups is 1. The molecule has 1 aromatic heterocycles. The molecular weight excluding hydrogens is 474 g/mol. The zero-order chi connectivity index (χ0) is 19.2. The normalized spacial score (nSPS) is 16.6. The van der Waals surface area contributed by atoms with Crippen LogP contribution in [0.2, 0.25) is 0 Å². The number of anilines is 1. The fraction of sp³-hybridized carbons (Fsp3) is 0.421. The van der Waals surface area contributed by atoms with Gasteiger partial charge >= 0.3 is 0 Å². The SMILES string of the molecule is CCNC(=NCC(=O)Nc1cccc(F)c1)N1CCC(c2cnn(C)c2)C1.I. The molecule has 1 atom stereocenters. The average Bonchev–Trinajstić information content (AvgIpc) is 3.27. The number of rotatable bonds is 5. The smallest absolute Gasteiger partial charge is 0.246 e. The van der Waals surface area contributed by atoms with Crippen LogP contribution in [0.25, 0.3) is 0 Å². The predicted octanol–water partition coefficient (Wildman–Crippen LogP) is 2.57. The highest BCUT2D eigenvalue weighted by molar-refractivity contribution is 14.0. The number of aromatic nitrogens is 2. The Kier molecular flexibility index (Phi) is 8.21. The number of nitrogens with zero attached hydrogens (tertiary/aromatic N) is 4. The van der Waals surface area contributed by atoms with Crippen molar-refractivity contribution in [2.75, 3.05) is 31.5 Å². The van der Waals surface area contributed by atoms with Gasteiger partial charge in [0.15, 0.2) is 5.96 Å². The van der Waals surface area contributed by atoms with E-state index in [1.54, 1.807) is 12.1 Å². The number of halogens is 2. The zero-order valence-corrected chi connectivity index (χ0v) is 18.4. The van der Waals surface area contributed by atoms with Gasteiger partial charge in [-0.05, 0) is 37.1 Å². The van der Waals surface area contributed by atoms with Crippen LogP contribution in [0.5, 0.6) is 0 Å². The Bertz CT molecular complexity index is 824. The van der Waals surface area contributed by atoms with Crippen LogP contribution in [-0.4, -0.2) is 52.7 Å². The molecule has 2 heterocycles. The van der Waals surface area contributed by atoms with E-state index < -0.39 is 0 Å². The van der Waals surface area contributed by atoms with Gasteiger partial charge in [-0.3, -0.25) is 9.48 Å². The number of carbonyl (C=O) groups is 1. The van der Waals surface area contributed by atoms with E-state index in [1.165, 1.54) is 17.7 Å². The lowest BCUT2D eigenvalue weighted by atomic mass is 10.0. The van der Waals surface area contributed by atoms with Crippen molar-refractivity contribution < 1.29 is 9.18 Å². The largest absolute Gasteiger partial charge is 0.357 e. The van der Waals surface area contributed by atoms with Gasteiger partial charge in [0.2, 0.25) is 5.91 Å². The van der Waals surface area contributed by atoms with Crippen molar-refractivity contribution in [2.45, 2.75) is 19.3 Å². The summed E-state index contributed by atoms with van der Waals surface area (Å²) in [6.07, 6.45) is 4.97. The lowest BCUT2D eigenvalue weighted by Gasteiger charge is -2.21. The molecule has 152 valence electrons. The fourth-order valence-corrected chi connectivity index (χ4v) is 3.21. The number of benzene rings is 1. The van der Waals surface area contributed by atoms with Crippen LogP contribution in [0.4, 0.5) is 10.1 Å². The van der Waals surface area contributed by atoms with Gasteiger partial charge in [0.1, 0.15) is 12.4 Å². The van der Waals surface area contributed by atoms with Crippen molar-refractivity contribution in [3.63, 3.8) is 0 Å². The first-order chi connectivity index (χ1) is 13.0. The Morgan fingerprint density at radius 3 is 2.93 bits per heavy atom. The molecule has 0 spiro atoms. The van der Waals surface area contributed by atoms with Gasteiger partial charge in [-0.2, -0.15) is 5.10 Å². The Morgan fingerprint density at radius 2 is 2.25 bits per heavy atom. The minimum absolute atomic E-state index is 0. The second-order valence-corrected chi connectivity index (χ2v) is 6.61. The number of hydrogen-bond donors (Lipinski definition) is 2. The molecule has 1 aliphatic heterocycles. The van der Waals surface area contributed by atoms with Crippen molar-refractivity contribution in [3.05, 3.63) is 48.0 Å². The molecule has 1 saturated heterocycles. The molecule has 1 fully saturated rings. The van der Waals surface area contributed by atoms with Crippen molar-refractivity contribution >= 4 is 41.5 Å². The van der Waals surface area contributed by atoms with E-state index in [0.29, 0.717) is 11.6 Å². The molecule has 3 rings (SSSR count). The van der Waals surface area contributed by atoms with Gasteiger partial charge in [-0.25, -0.2) is 9.38 Å². The van der Waals surface area contributed by atoms with Crippen molar-refractivity contribution in [1.82, 2.24) is 20.0 Å². The van der Waals surface area contributed by atoms with Crippen LogP contribution in [-0.2, 0) is 11.8 Å². The zero-order valence-electron chi connectivity index (χ0n) is 16.1. The molecule has 0 radical (unpaired) electrons. The monoisotopic (exact) mass is 500 g/mol. The number of aryl methyl sites for hydroxylation is 1. The van der Waals surface area contributed by atoms with Crippen molar-refractivity contribution in [2.24, 2.45) is 12.0 Å². The summed E-state index contributed by atoms with van der Waals surface area (Å²) in [5.41, 5.74) is 1.65. The molecule has 28 heavy (non-hydrogen) atoms. The second-order valence-electron chi connectivity index (χ2n) is 6.61. The number of nitrogens with one attached hydrogen (secondary N) is 2. The molecule has 0 aliphatic carbocycles. The third-order valence-electron chi connectivity index (χ3n) is 4.50. The molecule has 0 bridgehead atoms. The van der Waals surface area contributed by atoms with Crippen LogP contribution in [0.1, 0.15) is 24.8 Å². The lowest BCUT2D eigenvalue weighted by Crippen LogP contribution is -2.40. The molecule has 7 nitrogen and oxygen atoms in total. The molecule has 1 aliphatic rings. The maximum atomic E-state index is 13.2. The van der Waals surface area contributed by atoms with E-state index in [-0.39, 0.29) is 42.2 Å². The molecule has 1 unspecified atom stereocenters. The second kappa shape index (κ2) is 10.4. The van der Waals surface area contributed by atoms with Gasteiger partial charge in [0, 0.05) is 44.5 Å². The standard InChI is InChI=1S/C19H25FN6O.HI/c1-3-21-19(22-11-18(27)24-17-6-4-5-16(20)9-17)26-8-7-14(13-26)15-10-23-25(2)12-15;/h4-6,9-10,12,14H,3,7-8,11,13H2,1-2H3,(H,21,22)(H,24,27);1H. The number of guanidine groups is 1. The molecule has 2 N–H and O–H groups in total. The van der Waals surface area contributed by atoms with Gasteiger partial charge in [0.25, 0.3) is 0 Å². The lowest BCUT2D eigenvalue weighted by molar-refractivity contribution is -0.114. The van der Waals surface area contributed by atoms with Gasteiger partial charge in [0.05, 0.1) is 6.20 Å². The topological polar surface area (TPSA) is 74.6 Å². The Hall–Kier alpha value is -2.17. The number of amides is 1. The molecule has 0 saturated carbocycles. The highest BCUT2D eigenvalue weighted by atomic mass is 127. The van der Waals surface area contributed by atoms with Crippen molar-refractivity contribution in [1.29, 1.82) is 0 Å². The number of carbonyl (C=O) groups excluding carboxylic acids is 1. The summed E-state index contributed by atoms with van der Waals surface area (Å²) in [6, 6.07) is 5.82. The maximum absolute atomic E-state index is 13.2. The molecule has 1 amide bonds. The minimum Gasteiger partial charge on any atom is -0.357 e. The van der Waals surface area contributed by atoms with E-state index >= 15 is 0 Å². The van der Waals surface area contributed by atoms with Gasteiger partial charge in [-0.15, -0.1) is 24.0 Å². The predicted molar refractivity (Wildman–Crippen MR) is 119 cm³/mol. The molecule has 9 heteroatoms. The van der Waals surface area contributed by atoms with Crippen LogP contribution < -0.4 is 10.6 Å². The minimum atomic E-state index is -0.386. The van der Waals surface area contributed by atoms with Crippen LogP contribution >= 0.6 is 24.0 Å². The van der Waals surface area contributed by atoms with Crippen molar-refractivity contribution in [3.8, 4) is 0 Å². The highest BCUT2D eigenvalue weighted by Gasteiger charge is 2.27. The van der Waals surface area contributed by atoms with E-state index in [4.69, 9.17) is 0 Å². The van der Waals surface area contributed by atoms with Crippen LogP contribution in [0.3, 0.4) is 0 Å². The molecule has 2 aromatic rings. The summed E-state index contributed by atoms with van der Waals surface area (Å²) in [5, 5.41) is 10.2. The fourth-order valence-electron chi connectivity index (χ4n) is 3.21. The van der Waals surface area contributed by atoms with E-state index in [1.807, 2.05) is 31.0 Å². The van der Waals surface area contributed by atoms with E-state index in [9.17, 15) is 9.18 Å². The third-order valence-corrected chi connectivity index (χ3v) is 4.50. The first-order valence-corrected chi connectivity index (χ1v) is 9.12. The quantitative estimate of drug-likeness (QED) is 0.376. The summed E-state index contributed by atoms with van der Waals surface area (Å²) in [6.45, 7) is 4.41. The third kappa shape index (κ3) is 5.91. The molecular formula is C19H26FIN6O. The van der Waals surface area contributed by atoms with E-state index in [2.05, 4.69) is 25.6 Å². The summed E-state index contributed by atoms with van der Waals surface area (Å²) < 4.78 is 15.0. The number of hydrogen-bond acceptors (Lipinski definition) is 3.